The lowest BCUT2D eigenvalue weighted by molar-refractivity contribution is 0.451. The number of phenolic OH excluding ortho intramolecular Hbond substituents is 2. The normalized spacial score (nSPS) is 9.80. The molecule has 0 amide bonds. The fourth-order valence-corrected chi connectivity index (χ4v) is 0.910. The third-order valence-electron chi connectivity index (χ3n) is 1.02. The number of benzene rings is 1. The van der Waals surface area contributed by atoms with Gasteiger partial charge in [0.15, 0.2) is 0 Å². The molecule has 1 aromatic carbocycles. The van der Waals surface area contributed by atoms with Crippen molar-refractivity contribution in [3.05, 3.63) is 22.2 Å². The standard InChI is InChI=1S/C6H4Cl2O2/c7-3-1-4(8)6(10)2-5(3)9/h1-2,9-10H/i1+1,2+1,3+1,4+1,5+1,6+1. The summed E-state index contributed by atoms with van der Waals surface area (Å²) in [6.45, 7) is 0. The quantitative estimate of drug-likeness (QED) is 0.651. The highest BCUT2D eigenvalue weighted by Crippen LogP contribution is 2.33. The van der Waals surface area contributed by atoms with Crippen LogP contribution in [0.2, 0.25) is 10.0 Å². The second kappa shape index (κ2) is 2.56. The van der Waals surface area contributed by atoms with Gasteiger partial charge in [0.1, 0.15) is 11.5 Å². The number of hydrogen-bond acceptors (Lipinski definition) is 2. The van der Waals surface area contributed by atoms with Crippen molar-refractivity contribution in [1.82, 2.24) is 0 Å². The molecule has 2 nitrogen and oxygen atoms in total. The summed E-state index contributed by atoms with van der Waals surface area (Å²) in [6, 6.07) is 2.36. The Bertz CT molecular complexity index is 210. The monoisotopic (exact) mass is 184 g/mol. The number of hydrogen-bond donors (Lipinski definition) is 2. The van der Waals surface area contributed by atoms with E-state index in [-0.39, 0.29) is 21.5 Å². The molecule has 54 valence electrons. The van der Waals surface area contributed by atoms with Crippen molar-refractivity contribution in [2.45, 2.75) is 0 Å². The van der Waals surface area contributed by atoms with Crippen molar-refractivity contribution >= 4 is 23.2 Å². The molecule has 0 unspecified atom stereocenters. The van der Waals surface area contributed by atoms with E-state index >= 15 is 0 Å². The molecule has 1 rings (SSSR count). The molecule has 0 aliphatic rings. The maximum absolute atomic E-state index is 8.87. The Morgan fingerprint density at radius 2 is 1.30 bits per heavy atom. The van der Waals surface area contributed by atoms with Gasteiger partial charge in [-0.15, -0.1) is 0 Å². The summed E-state index contributed by atoms with van der Waals surface area (Å²) < 4.78 is 0. The van der Waals surface area contributed by atoms with Crippen molar-refractivity contribution in [2.75, 3.05) is 0 Å². The summed E-state index contributed by atoms with van der Waals surface area (Å²) >= 11 is 10.9. The molecular weight excluding hydrogens is 181 g/mol. The molecule has 2 N–H and O–H groups in total. The predicted molar refractivity (Wildman–Crippen MR) is 39.8 cm³/mol. The Morgan fingerprint density at radius 1 is 0.900 bits per heavy atom. The Labute approximate surface area is 67.6 Å². The number of halogens is 2. The number of rotatable bonds is 0. The van der Waals surface area contributed by atoms with Crippen LogP contribution in [0.1, 0.15) is 0 Å². The minimum absolute atomic E-state index is 0.128. The molecule has 0 saturated heterocycles. The topological polar surface area (TPSA) is 40.5 Å². The molecule has 0 bridgehead atoms. The van der Waals surface area contributed by atoms with Gasteiger partial charge in [-0.3, -0.25) is 0 Å². The molecule has 10 heavy (non-hydrogen) atoms. The SMILES string of the molecule is O[13c]1[13cH][13c](O)[13c](Cl)[13cH][13c]1Cl. The smallest absolute Gasteiger partial charge is 0.137 e. The molecule has 0 fully saturated rings. The summed E-state index contributed by atoms with van der Waals surface area (Å²) in [4.78, 5) is 0. The van der Waals surface area contributed by atoms with Crippen LogP contribution in [0.3, 0.4) is 0 Å². The Hall–Kier alpha value is -0.600. The van der Waals surface area contributed by atoms with Gasteiger partial charge in [0.2, 0.25) is 0 Å². The predicted octanol–water partition coefficient (Wildman–Crippen LogP) is 2.40. The first-order chi connectivity index (χ1) is 4.61. The van der Waals surface area contributed by atoms with Crippen molar-refractivity contribution in [3.8, 4) is 11.5 Å². The highest BCUT2D eigenvalue weighted by Gasteiger charge is 2.03. The van der Waals surface area contributed by atoms with Crippen molar-refractivity contribution in [2.24, 2.45) is 0 Å². The van der Waals surface area contributed by atoms with Gasteiger partial charge in [-0.2, -0.15) is 0 Å². The second-order valence-corrected chi connectivity index (χ2v) is 2.57. The minimum Gasteiger partial charge on any atom is -0.506 e. The molecule has 0 saturated carbocycles. The maximum atomic E-state index is 8.87. The van der Waals surface area contributed by atoms with E-state index in [2.05, 4.69) is 0 Å². The van der Waals surface area contributed by atoms with E-state index in [1.165, 1.54) is 6.07 Å². The van der Waals surface area contributed by atoms with Crippen molar-refractivity contribution in [1.29, 1.82) is 0 Å². The van der Waals surface area contributed by atoms with E-state index < -0.39 is 0 Å². The van der Waals surface area contributed by atoms with Crippen LogP contribution in [0.4, 0.5) is 0 Å². The molecule has 0 aliphatic carbocycles. The first-order valence-electron chi connectivity index (χ1n) is 2.48. The average molecular weight is 185 g/mol. The lowest BCUT2D eigenvalue weighted by atomic mass is 11.3. The van der Waals surface area contributed by atoms with Gasteiger partial charge in [0, 0.05) is 6.07 Å². The van der Waals surface area contributed by atoms with E-state index in [1.54, 1.807) is 0 Å². The van der Waals surface area contributed by atoms with Crippen LogP contribution in [0.5, 0.6) is 11.5 Å². The number of phenols is 2. The average Bonchev–Trinajstić information content (AvgIpc) is 1.84. The molecule has 1 aromatic rings. The molecular formula is C6H4Cl2O2. The zero-order valence-corrected chi connectivity index (χ0v) is 6.32. The van der Waals surface area contributed by atoms with Crippen molar-refractivity contribution < 1.29 is 10.2 Å². The van der Waals surface area contributed by atoms with E-state index in [4.69, 9.17) is 33.4 Å². The van der Waals surface area contributed by atoms with Crippen LogP contribution in [0, 0.1) is 0 Å². The molecule has 0 aliphatic heterocycles. The van der Waals surface area contributed by atoms with E-state index in [0.717, 1.165) is 6.07 Å². The van der Waals surface area contributed by atoms with Gasteiger partial charge in [-0.25, -0.2) is 0 Å². The van der Waals surface area contributed by atoms with Crippen LogP contribution < -0.4 is 0 Å². The highest BCUT2D eigenvalue weighted by atomic mass is 35.5. The zero-order chi connectivity index (χ0) is 7.72. The van der Waals surface area contributed by atoms with Crippen LogP contribution in [-0.4, -0.2) is 10.2 Å². The van der Waals surface area contributed by atoms with Crippen LogP contribution in [0.25, 0.3) is 0 Å². The lowest BCUT2D eigenvalue weighted by Gasteiger charge is -1.98. The second-order valence-electron chi connectivity index (χ2n) is 1.76. The van der Waals surface area contributed by atoms with Gasteiger partial charge in [-0.05, 0) is 6.07 Å². The molecule has 0 aromatic heterocycles. The summed E-state index contributed by atoms with van der Waals surface area (Å²) in [5.74, 6) is -0.355. The first-order valence-corrected chi connectivity index (χ1v) is 3.24. The molecule has 0 atom stereocenters. The molecule has 0 heterocycles. The van der Waals surface area contributed by atoms with E-state index in [1.807, 2.05) is 0 Å². The number of aromatic hydroxyl groups is 2. The Morgan fingerprint density at radius 3 is 1.60 bits per heavy atom. The summed E-state index contributed by atoms with van der Waals surface area (Å²) in [7, 11) is 0. The summed E-state index contributed by atoms with van der Waals surface area (Å²) in [5.41, 5.74) is 0. The van der Waals surface area contributed by atoms with Gasteiger partial charge in [-0.1, -0.05) is 23.2 Å². The van der Waals surface area contributed by atoms with Gasteiger partial charge in [0.05, 0.1) is 10.0 Å². The maximum Gasteiger partial charge on any atom is 0.137 e. The minimum atomic E-state index is -0.177. The first kappa shape index (κ1) is 7.51. The largest absolute Gasteiger partial charge is 0.506 e. The molecule has 0 radical (unpaired) electrons. The van der Waals surface area contributed by atoms with Crippen molar-refractivity contribution in [3.63, 3.8) is 0 Å². The fourth-order valence-electron chi connectivity index (χ4n) is 0.527. The third kappa shape index (κ3) is 1.28. The molecule has 0 spiro atoms. The Kier molecular flexibility index (Phi) is 1.92. The van der Waals surface area contributed by atoms with Crippen LogP contribution >= 0.6 is 23.2 Å². The van der Waals surface area contributed by atoms with E-state index in [0.29, 0.717) is 0 Å². The molecule has 4 heteroatoms. The van der Waals surface area contributed by atoms with Crippen LogP contribution in [-0.2, 0) is 0 Å². The van der Waals surface area contributed by atoms with E-state index in [9.17, 15) is 0 Å². The zero-order valence-electron chi connectivity index (χ0n) is 4.81. The van der Waals surface area contributed by atoms with Gasteiger partial charge in [0.25, 0.3) is 0 Å². The summed E-state index contributed by atoms with van der Waals surface area (Å²) in [6.07, 6.45) is 0. The highest BCUT2D eigenvalue weighted by molar-refractivity contribution is 6.36. The Balaban J connectivity index is 3.28. The van der Waals surface area contributed by atoms with Crippen LogP contribution in [0.15, 0.2) is 12.1 Å². The summed E-state index contributed by atoms with van der Waals surface area (Å²) in [5, 5.41) is 18.0. The third-order valence-corrected chi connectivity index (χ3v) is 1.62. The fraction of sp³-hybridized carbons (Fsp3) is 0. The lowest BCUT2D eigenvalue weighted by Crippen LogP contribution is -1.70. The van der Waals surface area contributed by atoms with Gasteiger partial charge >= 0.3 is 0 Å². The van der Waals surface area contributed by atoms with Gasteiger partial charge < -0.3 is 10.2 Å².